The molecule has 2 N–H and O–H groups in total. The molecule has 3 unspecified atom stereocenters. The van der Waals surface area contributed by atoms with Gasteiger partial charge in [-0.05, 0) is 49.8 Å². The molecule has 0 radical (unpaired) electrons. The van der Waals surface area contributed by atoms with E-state index in [-0.39, 0.29) is 34.0 Å². The van der Waals surface area contributed by atoms with Crippen LogP contribution in [-0.4, -0.2) is 39.4 Å². The summed E-state index contributed by atoms with van der Waals surface area (Å²) in [6, 6.07) is 4.63. The maximum Gasteiger partial charge on any atom is 0.417 e. The van der Waals surface area contributed by atoms with E-state index >= 15 is 4.39 Å². The van der Waals surface area contributed by atoms with Gasteiger partial charge in [0.25, 0.3) is 0 Å². The lowest BCUT2D eigenvalue weighted by Crippen LogP contribution is -2.74. The Kier molecular flexibility index (Phi) is 4.84. The van der Waals surface area contributed by atoms with E-state index in [9.17, 15) is 23.1 Å². The van der Waals surface area contributed by atoms with Crippen LogP contribution < -0.4 is 5.32 Å². The third-order valence-corrected chi connectivity index (χ3v) is 8.22. The van der Waals surface area contributed by atoms with Crippen molar-refractivity contribution in [2.45, 2.75) is 55.9 Å². The Balaban J connectivity index is 1.46. The number of allylic oxidation sites excluding steroid dienone is 2. The number of aliphatic hydroxyl groups is 1. The molecule has 9 heteroatoms. The molecule has 6 rings (SSSR count). The van der Waals surface area contributed by atoms with E-state index in [0.29, 0.717) is 18.4 Å². The van der Waals surface area contributed by atoms with Gasteiger partial charge in [-0.3, -0.25) is 0 Å². The van der Waals surface area contributed by atoms with Crippen LogP contribution in [0.3, 0.4) is 0 Å². The van der Waals surface area contributed by atoms with Crippen molar-refractivity contribution < 1.29 is 27.5 Å². The molecular formula is C26H25F4N3O2. The lowest BCUT2D eigenvalue weighted by Gasteiger charge is -2.61. The van der Waals surface area contributed by atoms with Crippen molar-refractivity contribution in [2.24, 2.45) is 11.3 Å². The second-order valence-corrected chi connectivity index (χ2v) is 10.3. The molecule has 1 aromatic heterocycles. The van der Waals surface area contributed by atoms with Crippen LogP contribution in [0.15, 0.2) is 48.4 Å². The van der Waals surface area contributed by atoms with Crippen LogP contribution in [0.25, 0.3) is 17.0 Å². The van der Waals surface area contributed by atoms with Crippen LogP contribution in [0, 0.1) is 11.3 Å². The molecule has 3 atom stereocenters. The minimum Gasteiger partial charge on any atom is -0.506 e. The van der Waals surface area contributed by atoms with E-state index in [1.807, 2.05) is 0 Å². The van der Waals surface area contributed by atoms with Gasteiger partial charge in [0.05, 0.1) is 28.9 Å². The van der Waals surface area contributed by atoms with E-state index in [1.54, 1.807) is 6.20 Å². The van der Waals surface area contributed by atoms with Gasteiger partial charge in [-0.2, -0.15) is 18.3 Å². The quantitative estimate of drug-likeness (QED) is 0.437. The summed E-state index contributed by atoms with van der Waals surface area (Å²) < 4.78 is 59.2. The molecule has 2 aromatic rings. The number of aliphatic hydroxyl groups excluding tert-OH is 1. The van der Waals surface area contributed by atoms with Gasteiger partial charge >= 0.3 is 6.18 Å². The van der Waals surface area contributed by atoms with Crippen molar-refractivity contribution in [1.82, 2.24) is 15.1 Å². The second-order valence-electron chi connectivity index (χ2n) is 10.3. The molecule has 1 spiro atoms. The number of rotatable bonds is 5. The molecule has 1 aliphatic heterocycles. The summed E-state index contributed by atoms with van der Waals surface area (Å²) in [7, 11) is 0. The SMILES string of the molecule is O=CC1C(n2cc(C3CC3)c(-c3ccccc3C(F)(F)F)n2)=C(O)C=CC1(F)C1NCC12CCC2. The zero-order valence-electron chi connectivity index (χ0n) is 18.9. The Bertz CT molecular complexity index is 1250. The summed E-state index contributed by atoms with van der Waals surface area (Å²) in [5.74, 6) is -1.66. The fourth-order valence-electron chi connectivity index (χ4n) is 6.03. The van der Waals surface area contributed by atoms with Crippen LogP contribution in [0.5, 0.6) is 0 Å². The number of aldehydes is 1. The van der Waals surface area contributed by atoms with Crippen molar-refractivity contribution in [1.29, 1.82) is 0 Å². The largest absolute Gasteiger partial charge is 0.506 e. The van der Waals surface area contributed by atoms with Gasteiger partial charge in [0.1, 0.15) is 12.0 Å². The van der Waals surface area contributed by atoms with Gasteiger partial charge in [0.2, 0.25) is 0 Å². The zero-order chi connectivity index (χ0) is 24.6. The van der Waals surface area contributed by atoms with E-state index in [0.717, 1.165) is 38.2 Å². The fraction of sp³-hybridized carbons (Fsp3) is 0.462. The van der Waals surface area contributed by atoms with Crippen molar-refractivity contribution >= 4 is 12.0 Å². The number of aromatic nitrogens is 2. The molecule has 2 heterocycles. The first-order chi connectivity index (χ1) is 16.7. The topological polar surface area (TPSA) is 67.2 Å². The number of nitrogens with zero attached hydrogens (tertiary/aromatic N) is 2. The van der Waals surface area contributed by atoms with Crippen molar-refractivity contribution in [3.8, 4) is 11.3 Å². The molecule has 3 aliphatic carbocycles. The third-order valence-electron chi connectivity index (χ3n) is 8.22. The normalized spacial score (nSPS) is 29.7. The number of nitrogens with one attached hydrogen (secondary N) is 1. The number of halogens is 4. The molecule has 1 aromatic carbocycles. The molecule has 2 saturated carbocycles. The smallest absolute Gasteiger partial charge is 0.417 e. The molecule has 0 bridgehead atoms. The lowest BCUT2D eigenvalue weighted by molar-refractivity contribution is -0.137. The molecule has 0 amide bonds. The maximum atomic E-state index is 16.6. The van der Waals surface area contributed by atoms with Crippen molar-refractivity contribution in [3.05, 3.63) is 59.5 Å². The lowest BCUT2D eigenvalue weighted by atomic mass is 9.53. The van der Waals surface area contributed by atoms with Gasteiger partial charge in [-0.1, -0.05) is 24.6 Å². The maximum absolute atomic E-state index is 16.6. The summed E-state index contributed by atoms with van der Waals surface area (Å²) >= 11 is 0. The highest BCUT2D eigenvalue weighted by Gasteiger charge is 2.63. The van der Waals surface area contributed by atoms with E-state index in [2.05, 4.69) is 10.4 Å². The Morgan fingerprint density at radius 3 is 2.51 bits per heavy atom. The number of carbonyl (C=O) groups is 1. The number of hydrogen-bond acceptors (Lipinski definition) is 4. The second kappa shape index (κ2) is 7.53. The van der Waals surface area contributed by atoms with Gasteiger partial charge in [-0.15, -0.1) is 0 Å². The molecule has 5 nitrogen and oxygen atoms in total. The average molecular weight is 487 g/mol. The highest BCUT2D eigenvalue weighted by molar-refractivity contribution is 5.79. The van der Waals surface area contributed by atoms with Crippen LogP contribution in [-0.2, 0) is 11.0 Å². The van der Waals surface area contributed by atoms with E-state index in [4.69, 9.17) is 0 Å². The standard InChI is InChI=1S/C26H25F4N3O2/c27-25(23-24(14-31-23)9-3-10-24)11-8-20(35)22(19(25)13-34)33-12-17(15-6-7-15)21(32-33)16-4-1-2-5-18(16)26(28,29)30/h1-2,4-5,8,11-13,15,19,23,31,35H,3,6-7,9-10,14H2. The minimum atomic E-state index is -4.58. The van der Waals surface area contributed by atoms with Gasteiger partial charge in [-0.25, -0.2) is 9.07 Å². The first-order valence-electron chi connectivity index (χ1n) is 11.9. The molecule has 1 saturated heterocycles. The Morgan fingerprint density at radius 1 is 1.20 bits per heavy atom. The number of carbonyl (C=O) groups excluding carboxylic acids is 1. The van der Waals surface area contributed by atoms with Crippen LogP contribution in [0.1, 0.15) is 49.1 Å². The van der Waals surface area contributed by atoms with Gasteiger partial charge < -0.3 is 15.2 Å². The fourth-order valence-corrected chi connectivity index (χ4v) is 6.03. The highest BCUT2D eigenvalue weighted by atomic mass is 19.4. The molecule has 4 aliphatic rings. The highest BCUT2D eigenvalue weighted by Crippen LogP contribution is 2.56. The monoisotopic (exact) mass is 487 g/mol. The van der Waals surface area contributed by atoms with Crippen LogP contribution in [0.4, 0.5) is 17.6 Å². The van der Waals surface area contributed by atoms with E-state index in [1.165, 1.54) is 35.0 Å². The van der Waals surface area contributed by atoms with Crippen molar-refractivity contribution in [3.63, 3.8) is 0 Å². The minimum absolute atomic E-state index is 0.0262. The van der Waals surface area contributed by atoms with Crippen molar-refractivity contribution in [2.75, 3.05) is 6.54 Å². The van der Waals surface area contributed by atoms with Gasteiger partial charge in [0.15, 0.2) is 5.67 Å². The Hall–Kier alpha value is -2.94. The van der Waals surface area contributed by atoms with Crippen LogP contribution in [0.2, 0.25) is 0 Å². The molecule has 35 heavy (non-hydrogen) atoms. The summed E-state index contributed by atoms with van der Waals surface area (Å²) in [6.45, 7) is 0.680. The predicted molar refractivity (Wildman–Crippen MR) is 121 cm³/mol. The Morgan fingerprint density at radius 2 is 1.94 bits per heavy atom. The van der Waals surface area contributed by atoms with E-state index < -0.39 is 29.4 Å². The first kappa shape index (κ1) is 22.5. The average Bonchev–Trinajstić information content (AvgIpc) is 3.51. The number of hydrogen-bond donors (Lipinski definition) is 2. The van der Waals surface area contributed by atoms with Gasteiger partial charge in [0, 0.05) is 29.3 Å². The zero-order valence-corrected chi connectivity index (χ0v) is 18.9. The summed E-state index contributed by atoms with van der Waals surface area (Å²) in [5.41, 5.74) is -2.49. The summed E-state index contributed by atoms with van der Waals surface area (Å²) in [5, 5.41) is 18.3. The molecule has 3 fully saturated rings. The van der Waals surface area contributed by atoms with Crippen LogP contribution >= 0.6 is 0 Å². The summed E-state index contributed by atoms with van der Waals surface area (Å²) in [6.07, 6.45) is 4.27. The third kappa shape index (κ3) is 3.31. The molecule has 184 valence electrons. The first-order valence-corrected chi connectivity index (χ1v) is 11.9. The molecular weight excluding hydrogens is 462 g/mol. The number of benzene rings is 1. The Labute approximate surface area is 199 Å². The number of alkyl halides is 4. The summed E-state index contributed by atoms with van der Waals surface area (Å²) in [4.78, 5) is 12.3. The predicted octanol–water partition coefficient (Wildman–Crippen LogP) is 5.41.